The van der Waals surface area contributed by atoms with Crippen LogP contribution < -0.4 is 5.32 Å². The minimum atomic E-state index is -4.43. The van der Waals surface area contributed by atoms with Crippen molar-refractivity contribution in [1.82, 2.24) is 19.6 Å². The van der Waals surface area contributed by atoms with E-state index < -0.39 is 33.7 Å². The van der Waals surface area contributed by atoms with Crippen molar-refractivity contribution >= 4 is 15.9 Å². The normalized spacial score (nSPS) is 16.9. The molecule has 1 amide bonds. The first-order valence-electron chi connectivity index (χ1n) is 10.9. The summed E-state index contributed by atoms with van der Waals surface area (Å²) in [5.41, 5.74) is 1.49. The van der Waals surface area contributed by atoms with Gasteiger partial charge in [-0.3, -0.25) is 4.79 Å². The van der Waals surface area contributed by atoms with Gasteiger partial charge in [-0.15, -0.1) is 0 Å². The van der Waals surface area contributed by atoms with Gasteiger partial charge in [0.1, 0.15) is 12.4 Å². The van der Waals surface area contributed by atoms with Crippen LogP contribution in [0.3, 0.4) is 0 Å². The summed E-state index contributed by atoms with van der Waals surface area (Å²) in [5, 5.41) is 2.73. The van der Waals surface area contributed by atoms with E-state index in [4.69, 9.17) is 0 Å². The van der Waals surface area contributed by atoms with Gasteiger partial charge in [-0.05, 0) is 50.1 Å². The Bertz CT molecular complexity index is 1310. The van der Waals surface area contributed by atoms with E-state index in [0.29, 0.717) is 29.8 Å². The van der Waals surface area contributed by atoms with Crippen molar-refractivity contribution in [2.24, 2.45) is 0 Å². The van der Waals surface area contributed by atoms with E-state index in [2.05, 4.69) is 15.3 Å². The fraction of sp³-hybridized carbons (Fsp3) is 0.292. The lowest BCUT2D eigenvalue weighted by molar-refractivity contribution is -0.137. The molecule has 2 heterocycles. The number of aryl methyl sites for hydroxylation is 1. The zero-order chi connectivity index (χ0) is 25.2. The zero-order valence-electron chi connectivity index (χ0n) is 18.8. The van der Waals surface area contributed by atoms with E-state index in [1.54, 1.807) is 18.2 Å². The molecule has 1 N–H and O–H groups in total. The molecule has 1 fully saturated rings. The maximum Gasteiger partial charge on any atom is 0.416 e. The molecule has 2 aromatic carbocycles. The van der Waals surface area contributed by atoms with Gasteiger partial charge in [-0.1, -0.05) is 29.8 Å². The molecular weight excluding hydrogens is 481 g/mol. The number of hydrogen-bond donors (Lipinski definition) is 1. The fourth-order valence-electron chi connectivity index (χ4n) is 3.91. The Morgan fingerprint density at radius 3 is 2.43 bits per heavy atom. The Labute approximate surface area is 201 Å². The number of halogens is 3. The molecule has 4 rings (SSSR count). The van der Waals surface area contributed by atoms with Crippen LogP contribution in [0.2, 0.25) is 0 Å². The molecule has 1 aliphatic heterocycles. The minimum absolute atomic E-state index is 0.0178. The Hall–Kier alpha value is -3.31. The lowest BCUT2D eigenvalue weighted by Crippen LogP contribution is -2.45. The molecule has 1 unspecified atom stereocenters. The standard InChI is InChI=1S/C24H23F3N4O3S/c1-16-4-10-20(11-5-16)35(33,34)31-12-2-3-22(31)23(32)28-14-19-13-21(30-15-29-19)17-6-8-18(9-7-17)24(25,26)27/h4-11,13,15,22H,2-3,12,14H2,1H3,(H,28,32). The Balaban J connectivity index is 1.44. The lowest BCUT2D eigenvalue weighted by Gasteiger charge is -2.23. The zero-order valence-corrected chi connectivity index (χ0v) is 19.6. The van der Waals surface area contributed by atoms with E-state index in [-0.39, 0.29) is 18.0 Å². The molecule has 7 nitrogen and oxygen atoms in total. The summed E-state index contributed by atoms with van der Waals surface area (Å²) >= 11 is 0. The molecule has 35 heavy (non-hydrogen) atoms. The van der Waals surface area contributed by atoms with Crippen LogP contribution in [0, 0.1) is 6.92 Å². The molecule has 0 aliphatic carbocycles. The monoisotopic (exact) mass is 504 g/mol. The van der Waals surface area contributed by atoms with E-state index in [1.165, 1.54) is 34.9 Å². The van der Waals surface area contributed by atoms with Crippen LogP contribution in [0.1, 0.15) is 29.7 Å². The summed E-state index contributed by atoms with van der Waals surface area (Å²) in [6.07, 6.45) is -2.20. The third-order valence-corrected chi connectivity index (χ3v) is 7.73. The van der Waals surface area contributed by atoms with Crippen LogP contribution in [-0.2, 0) is 27.5 Å². The highest BCUT2D eigenvalue weighted by Crippen LogP contribution is 2.31. The van der Waals surface area contributed by atoms with Gasteiger partial charge in [0.25, 0.3) is 0 Å². The number of hydrogen-bond acceptors (Lipinski definition) is 5. The minimum Gasteiger partial charge on any atom is -0.349 e. The number of nitrogens with one attached hydrogen (secondary N) is 1. The van der Waals surface area contributed by atoms with Crippen LogP contribution in [0.5, 0.6) is 0 Å². The highest BCUT2D eigenvalue weighted by atomic mass is 32.2. The molecule has 184 valence electrons. The van der Waals surface area contributed by atoms with Crippen LogP contribution in [0.15, 0.2) is 65.8 Å². The Morgan fingerprint density at radius 2 is 1.77 bits per heavy atom. The molecule has 3 aromatic rings. The second-order valence-electron chi connectivity index (χ2n) is 8.27. The van der Waals surface area contributed by atoms with Crippen molar-refractivity contribution in [1.29, 1.82) is 0 Å². The van der Waals surface area contributed by atoms with E-state index >= 15 is 0 Å². The maximum absolute atomic E-state index is 13.1. The third-order valence-electron chi connectivity index (χ3n) is 5.81. The van der Waals surface area contributed by atoms with Crippen molar-refractivity contribution < 1.29 is 26.4 Å². The lowest BCUT2D eigenvalue weighted by atomic mass is 10.1. The largest absolute Gasteiger partial charge is 0.416 e. The molecule has 11 heteroatoms. The van der Waals surface area contributed by atoms with Crippen molar-refractivity contribution in [2.75, 3.05) is 6.54 Å². The molecule has 0 bridgehead atoms. The van der Waals surface area contributed by atoms with Crippen LogP contribution in [0.4, 0.5) is 13.2 Å². The highest BCUT2D eigenvalue weighted by molar-refractivity contribution is 7.89. The third kappa shape index (κ3) is 5.51. The number of benzene rings is 2. The number of amides is 1. The molecule has 1 aromatic heterocycles. The van der Waals surface area contributed by atoms with E-state index in [1.807, 2.05) is 6.92 Å². The van der Waals surface area contributed by atoms with Gasteiger partial charge >= 0.3 is 6.18 Å². The smallest absolute Gasteiger partial charge is 0.349 e. The summed E-state index contributed by atoms with van der Waals surface area (Å²) in [4.78, 5) is 21.2. The summed E-state index contributed by atoms with van der Waals surface area (Å²) in [5.74, 6) is -0.437. The van der Waals surface area contributed by atoms with Gasteiger partial charge in [0.2, 0.25) is 15.9 Å². The van der Waals surface area contributed by atoms with Crippen molar-refractivity contribution in [3.8, 4) is 11.3 Å². The summed E-state index contributed by atoms with van der Waals surface area (Å²) in [6, 6.07) is 11.8. The van der Waals surface area contributed by atoms with Gasteiger partial charge in [0, 0.05) is 12.1 Å². The van der Waals surface area contributed by atoms with Crippen molar-refractivity contribution in [2.45, 2.75) is 43.4 Å². The van der Waals surface area contributed by atoms with Crippen molar-refractivity contribution in [3.05, 3.63) is 77.7 Å². The van der Waals surface area contributed by atoms with Crippen molar-refractivity contribution in [3.63, 3.8) is 0 Å². The second kappa shape index (κ2) is 9.74. The average molecular weight is 505 g/mol. The number of carbonyl (C=O) groups is 1. The van der Waals surface area contributed by atoms with Gasteiger partial charge in [0.05, 0.1) is 28.4 Å². The Kier molecular flexibility index (Phi) is 6.91. The summed E-state index contributed by atoms with van der Waals surface area (Å²) < 4.78 is 65.8. The summed E-state index contributed by atoms with van der Waals surface area (Å²) in [6.45, 7) is 2.13. The van der Waals surface area contributed by atoms with E-state index in [0.717, 1.165) is 17.7 Å². The van der Waals surface area contributed by atoms with Gasteiger partial charge in [0.15, 0.2) is 0 Å². The van der Waals surface area contributed by atoms with Gasteiger partial charge in [-0.2, -0.15) is 17.5 Å². The number of alkyl halides is 3. The molecular formula is C24H23F3N4O3S. The summed E-state index contributed by atoms with van der Waals surface area (Å²) in [7, 11) is -3.82. The van der Waals surface area contributed by atoms with Gasteiger partial charge in [-0.25, -0.2) is 18.4 Å². The van der Waals surface area contributed by atoms with Crippen LogP contribution in [0.25, 0.3) is 11.3 Å². The first-order chi connectivity index (χ1) is 16.6. The highest BCUT2D eigenvalue weighted by Gasteiger charge is 2.39. The topological polar surface area (TPSA) is 92.3 Å². The molecule has 0 spiro atoms. The molecule has 1 saturated heterocycles. The molecule has 0 radical (unpaired) electrons. The average Bonchev–Trinajstić information content (AvgIpc) is 3.34. The second-order valence-corrected chi connectivity index (χ2v) is 10.2. The molecule has 0 saturated carbocycles. The predicted octanol–water partition coefficient (Wildman–Crippen LogP) is 3.94. The number of sulfonamides is 1. The number of carbonyl (C=O) groups excluding carboxylic acids is 1. The quantitative estimate of drug-likeness (QED) is 0.549. The number of rotatable bonds is 6. The van der Waals surface area contributed by atoms with E-state index in [9.17, 15) is 26.4 Å². The van der Waals surface area contributed by atoms with Crippen LogP contribution in [-0.4, -0.2) is 41.2 Å². The van der Waals surface area contributed by atoms with Crippen LogP contribution >= 0.6 is 0 Å². The number of aromatic nitrogens is 2. The maximum atomic E-state index is 13.1. The first-order valence-corrected chi connectivity index (χ1v) is 12.3. The molecule has 1 atom stereocenters. The predicted molar refractivity (Wildman–Crippen MR) is 122 cm³/mol. The fourth-order valence-corrected chi connectivity index (χ4v) is 5.57. The van der Waals surface area contributed by atoms with Gasteiger partial charge < -0.3 is 5.32 Å². The first kappa shape index (κ1) is 24.8. The SMILES string of the molecule is Cc1ccc(S(=O)(=O)N2CCCC2C(=O)NCc2cc(-c3ccc(C(F)(F)F)cc3)ncn2)cc1. The molecule has 1 aliphatic rings. The Morgan fingerprint density at radius 1 is 1.09 bits per heavy atom. The number of nitrogens with zero attached hydrogens (tertiary/aromatic N) is 3.